The Morgan fingerprint density at radius 2 is 1.50 bits per heavy atom. The van der Waals surface area contributed by atoms with Gasteiger partial charge < -0.3 is 23.7 Å². The lowest BCUT2D eigenvalue weighted by molar-refractivity contribution is -0.197. The minimum absolute atomic E-state index is 0.113. The third-order valence-corrected chi connectivity index (χ3v) is 2.86. The molecule has 0 bridgehead atoms. The van der Waals surface area contributed by atoms with Crippen molar-refractivity contribution < 1.29 is 38.1 Å². The molecule has 0 amide bonds. The van der Waals surface area contributed by atoms with Gasteiger partial charge in [-0.3, -0.25) is 14.4 Å². The van der Waals surface area contributed by atoms with E-state index in [9.17, 15) is 14.4 Å². The average Bonchev–Trinajstić information content (AvgIpc) is 3.07. The van der Waals surface area contributed by atoms with Gasteiger partial charge in [-0.1, -0.05) is 0 Å². The van der Waals surface area contributed by atoms with Crippen molar-refractivity contribution in [3.63, 3.8) is 0 Å². The number of rotatable bonds is 4. The molecule has 8 nitrogen and oxygen atoms in total. The van der Waals surface area contributed by atoms with Crippen molar-refractivity contribution in [2.45, 2.75) is 51.5 Å². The molecule has 112 valence electrons. The topological polar surface area (TPSA) is 101 Å². The van der Waals surface area contributed by atoms with Crippen molar-refractivity contribution in [3.05, 3.63) is 0 Å². The van der Waals surface area contributed by atoms with Gasteiger partial charge in [0, 0.05) is 20.8 Å². The molecule has 0 spiro atoms. The second kappa shape index (κ2) is 5.76. The molecule has 0 aromatic rings. The smallest absolute Gasteiger partial charge is 0.303 e. The standard InChI is InChI=1S/C12H16O8/c1-5(13)16-4-8-9(17-6(2)14)10(18-7(3)15)11-12(19-8)20-11/h8-12H,4H2,1-3H3/t8-,9-,10+,11?,12?/m1/s1. The highest BCUT2D eigenvalue weighted by molar-refractivity contribution is 5.68. The lowest BCUT2D eigenvalue weighted by Gasteiger charge is -2.33. The molecule has 20 heavy (non-hydrogen) atoms. The minimum Gasteiger partial charge on any atom is -0.463 e. The van der Waals surface area contributed by atoms with E-state index in [1.807, 2.05) is 0 Å². The van der Waals surface area contributed by atoms with Crippen LogP contribution in [0.25, 0.3) is 0 Å². The van der Waals surface area contributed by atoms with E-state index in [4.69, 9.17) is 23.7 Å². The summed E-state index contributed by atoms with van der Waals surface area (Å²) in [4.78, 5) is 33.2. The Hall–Kier alpha value is -1.67. The van der Waals surface area contributed by atoms with Gasteiger partial charge in [0.25, 0.3) is 0 Å². The summed E-state index contributed by atoms with van der Waals surface area (Å²) in [6.45, 7) is 3.62. The summed E-state index contributed by atoms with van der Waals surface area (Å²) in [5.74, 6) is -1.56. The summed E-state index contributed by atoms with van der Waals surface area (Å²) < 4.78 is 25.8. The fraction of sp³-hybridized carbons (Fsp3) is 0.750. The Labute approximate surface area is 115 Å². The van der Waals surface area contributed by atoms with Crippen LogP contribution in [0.3, 0.4) is 0 Å². The first kappa shape index (κ1) is 14.7. The van der Waals surface area contributed by atoms with E-state index in [0.29, 0.717) is 0 Å². The normalized spacial score (nSPS) is 34.6. The summed E-state index contributed by atoms with van der Waals surface area (Å²) in [6, 6.07) is 0. The molecule has 0 aliphatic carbocycles. The monoisotopic (exact) mass is 288 g/mol. The number of hydrogen-bond donors (Lipinski definition) is 0. The Morgan fingerprint density at radius 3 is 2.05 bits per heavy atom. The maximum Gasteiger partial charge on any atom is 0.303 e. The van der Waals surface area contributed by atoms with Gasteiger partial charge in [-0.05, 0) is 0 Å². The molecule has 0 aromatic heterocycles. The molecular weight excluding hydrogens is 272 g/mol. The fourth-order valence-electron chi connectivity index (χ4n) is 2.09. The van der Waals surface area contributed by atoms with Gasteiger partial charge in [0.1, 0.15) is 12.7 Å². The molecule has 2 aliphatic rings. The highest BCUT2D eigenvalue weighted by Crippen LogP contribution is 2.38. The van der Waals surface area contributed by atoms with Gasteiger partial charge in [0.2, 0.25) is 0 Å². The van der Waals surface area contributed by atoms with Gasteiger partial charge in [-0.25, -0.2) is 0 Å². The minimum atomic E-state index is -0.875. The third kappa shape index (κ3) is 3.45. The van der Waals surface area contributed by atoms with E-state index < -0.39 is 48.6 Å². The predicted molar refractivity (Wildman–Crippen MR) is 61.3 cm³/mol. The van der Waals surface area contributed by atoms with E-state index in [1.54, 1.807) is 0 Å². The molecule has 2 aliphatic heterocycles. The van der Waals surface area contributed by atoms with Crippen molar-refractivity contribution >= 4 is 17.9 Å². The van der Waals surface area contributed by atoms with E-state index in [1.165, 1.54) is 20.8 Å². The summed E-state index contributed by atoms with van der Waals surface area (Å²) in [5.41, 5.74) is 0. The van der Waals surface area contributed by atoms with Crippen LogP contribution in [0.15, 0.2) is 0 Å². The first-order chi connectivity index (χ1) is 9.38. The molecule has 2 fully saturated rings. The molecule has 2 heterocycles. The Balaban J connectivity index is 2.09. The van der Waals surface area contributed by atoms with Crippen molar-refractivity contribution in [1.29, 1.82) is 0 Å². The predicted octanol–water partition coefficient (Wildman–Crippen LogP) is -0.463. The maximum atomic E-state index is 11.2. The highest BCUT2D eigenvalue weighted by Gasteiger charge is 2.60. The number of hydrogen-bond acceptors (Lipinski definition) is 8. The number of ether oxygens (including phenoxy) is 5. The molecule has 8 heteroatoms. The second-order valence-electron chi connectivity index (χ2n) is 4.59. The van der Waals surface area contributed by atoms with Crippen molar-refractivity contribution in [3.8, 4) is 0 Å². The number of carbonyl (C=O) groups excluding carboxylic acids is 3. The average molecular weight is 288 g/mol. The number of carbonyl (C=O) groups is 3. The van der Waals surface area contributed by atoms with Crippen LogP contribution < -0.4 is 0 Å². The van der Waals surface area contributed by atoms with Crippen LogP contribution in [-0.2, 0) is 38.1 Å². The lowest BCUT2D eigenvalue weighted by Crippen LogP contribution is -2.53. The van der Waals surface area contributed by atoms with Crippen LogP contribution in [0.1, 0.15) is 20.8 Å². The molecule has 2 saturated heterocycles. The van der Waals surface area contributed by atoms with Crippen molar-refractivity contribution in [2.24, 2.45) is 0 Å². The number of esters is 3. The Bertz CT molecular complexity index is 420. The van der Waals surface area contributed by atoms with Crippen LogP contribution in [0.4, 0.5) is 0 Å². The van der Waals surface area contributed by atoms with Crippen LogP contribution in [-0.4, -0.2) is 55.2 Å². The molecule has 2 rings (SSSR count). The van der Waals surface area contributed by atoms with E-state index in [2.05, 4.69) is 0 Å². The zero-order valence-corrected chi connectivity index (χ0v) is 11.4. The van der Waals surface area contributed by atoms with Gasteiger partial charge in [-0.15, -0.1) is 0 Å². The third-order valence-electron chi connectivity index (χ3n) is 2.86. The van der Waals surface area contributed by atoms with Gasteiger partial charge in [0.15, 0.2) is 24.6 Å². The van der Waals surface area contributed by atoms with Crippen LogP contribution in [0, 0.1) is 0 Å². The van der Waals surface area contributed by atoms with E-state index in [0.717, 1.165) is 0 Å². The largest absolute Gasteiger partial charge is 0.463 e. The van der Waals surface area contributed by atoms with Crippen molar-refractivity contribution in [1.82, 2.24) is 0 Å². The molecule has 0 aromatic carbocycles. The Kier molecular flexibility index (Phi) is 4.24. The Morgan fingerprint density at radius 1 is 0.900 bits per heavy atom. The van der Waals surface area contributed by atoms with Crippen LogP contribution >= 0.6 is 0 Å². The van der Waals surface area contributed by atoms with E-state index >= 15 is 0 Å². The van der Waals surface area contributed by atoms with Gasteiger partial charge >= 0.3 is 17.9 Å². The van der Waals surface area contributed by atoms with Gasteiger partial charge in [-0.2, -0.15) is 0 Å². The lowest BCUT2D eigenvalue weighted by atomic mass is 10.0. The second-order valence-corrected chi connectivity index (χ2v) is 4.59. The molecule has 0 N–H and O–H groups in total. The first-order valence-electron chi connectivity index (χ1n) is 6.17. The molecular formula is C12H16O8. The fourth-order valence-corrected chi connectivity index (χ4v) is 2.09. The maximum absolute atomic E-state index is 11.2. The quantitative estimate of drug-likeness (QED) is 0.389. The molecule has 5 atom stereocenters. The summed E-state index contributed by atoms with van der Waals surface area (Å²) in [5, 5.41) is 0. The molecule has 0 saturated carbocycles. The first-order valence-corrected chi connectivity index (χ1v) is 6.17. The summed E-state index contributed by atoms with van der Waals surface area (Å²) in [7, 11) is 0. The molecule has 2 unspecified atom stereocenters. The summed E-state index contributed by atoms with van der Waals surface area (Å²) >= 11 is 0. The van der Waals surface area contributed by atoms with Crippen molar-refractivity contribution in [2.75, 3.05) is 6.61 Å². The van der Waals surface area contributed by atoms with E-state index in [-0.39, 0.29) is 6.61 Å². The zero-order chi connectivity index (χ0) is 14.9. The zero-order valence-electron chi connectivity index (χ0n) is 11.4. The van der Waals surface area contributed by atoms with Crippen LogP contribution in [0.5, 0.6) is 0 Å². The summed E-state index contributed by atoms with van der Waals surface area (Å²) in [6.07, 6.45) is -3.38. The SMILES string of the molecule is CC(=O)OC[C@H]1OC2OC2[C@@H](OC(C)=O)[C@@H]1OC(C)=O. The number of epoxide rings is 1. The highest BCUT2D eigenvalue weighted by atomic mass is 16.8. The van der Waals surface area contributed by atoms with Crippen LogP contribution in [0.2, 0.25) is 0 Å². The number of fused-ring (bicyclic) bond motifs is 1. The van der Waals surface area contributed by atoms with Gasteiger partial charge in [0.05, 0.1) is 0 Å². The molecule has 0 radical (unpaired) electrons.